The summed E-state index contributed by atoms with van der Waals surface area (Å²) in [6, 6.07) is 19.5. The lowest BCUT2D eigenvalue weighted by molar-refractivity contribution is -0.140. The number of benzene rings is 3. The number of halogens is 1. The van der Waals surface area contributed by atoms with Crippen molar-refractivity contribution in [3.63, 3.8) is 0 Å². The molecule has 0 aromatic heterocycles. The summed E-state index contributed by atoms with van der Waals surface area (Å²) in [5, 5.41) is 2.87. The van der Waals surface area contributed by atoms with E-state index in [1.54, 1.807) is 25.1 Å². The Bertz CT molecular complexity index is 1370. The number of nitrogens with one attached hydrogen (secondary N) is 1. The summed E-state index contributed by atoms with van der Waals surface area (Å²) in [7, 11) is -4.31. The number of hydrogen-bond acceptors (Lipinski definition) is 4. The second-order valence-electron chi connectivity index (χ2n) is 10.2. The van der Waals surface area contributed by atoms with E-state index < -0.39 is 39.9 Å². The third-order valence-electron chi connectivity index (χ3n) is 5.87. The van der Waals surface area contributed by atoms with Crippen LogP contribution in [0.3, 0.4) is 0 Å². The highest BCUT2D eigenvalue weighted by Gasteiger charge is 2.34. The molecular formula is C29H34FN3O4S. The minimum absolute atomic E-state index is 0.0638. The standard InChI is InChI=1S/C29H34FN3O4S/c1-21-15-17-23(18-16-21)19-32(22(2)28(35)31-29(3,4)5)27(34)20-33(26-14-10-9-13-25(26)30)38(36,37)24-11-7-6-8-12-24/h6-18,22H,19-20H2,1-5H3,(H,31,35)/t22-/m0/s1. The zero-order chi connectivity index (χ0) is 28.1. The van der Waals surface area contributed by atoms with Crippen molar-refractivity contribution in [1.29, 1.82) is 0 Å². The fraction of sp³-hybridized carbons (Fsp3) is 0.310. The fourth-order valence-corrected chi connectivity index (χ4v) is 5.28. The SMILES string of the molecule is Cc1ccc(CN(C(=O)CN(c2ccccc2F)S(=O)(=O)c2ccccc2)[C@@H](C)C(=O)NC(C)(C)C)cc1. The van der Waals surface area contributed by atoms with Gasteiger partial charge in [0.1, 0.15) is 18.4 Å². The average molecular weight is 540 g/mol. The molecule has 3 aromatic carbocycles. The summed E-state index contributed by atoms with van der Waals surface area (Å²) in [6.45, 7) is 8.38. The first-order chi connectivity index (χ1) is 17.8. The molecule has 0 saturated carbocycles. The summed E-state index contributed by atoms with van der Waals surface area (Å²) in [5.41, 5.74) is 0.999. The third kappa shape index (κ3) is 7.19. The second kappa shape index (κ2) is 11.8. The molecule has 0 bridgehead atoms. The van der Waals surface area contributed by atoms with Crippen LogP contribution in [0, 0.1) is 12.7 Å². The number of amides is 2. The van der Waals surface area contributed by atoms with Crippen LogP contribution in [0.25, 0.3) is 0 Å². The number of sulfonamides is 1. The molecule has 0 unspecified atom stereocenters. The molecular weight excluding hydrogens is 505 g/mol. The first-order valence-corrected chi connectivity index (χ1v) is 13.7. The maximum absolute atomic E-state index is 14.9. The van der Waals surface area contributed by atoms with Crippen molar-refractivity contribution in [1.82, 2.24) is 10.2 Å². The van der Waals surface area contributed by atoms with Crippen LogP contribution in [0.1, 0.15) is 38.8 Å². The van der Waals surface area contributed by atoms with Crippen LogP contribution in [0.5, 0.6) is 0 Å². The zero-order valence-corrected chi connectivity index (χ0v) is 23.1. The highest BCUT2D eigenvalue weighted by Crippen LogP contribution is 2.27. The fourth-order valence-electron chi connectivity index (χ4n) is 3.83. The van der Waals surface area contributed by atoms with Crippen LogP contribution < -0.4 is 9.62 Å². The maximum atomic E-state index is 14.9. The molecule has 2 amide bonds. The van der Waals surface area contributed by atoms with E-state index in [9.17, 15) is 22.4 Å². The molecule has 0 aliphatic carbocycles. The van der Waals surface area contributed by atoms with Crippen LogP contribution >= 0.6 is 0 Å². The number of nitrogens with zero attached hydrogens (tertiary/aromatic N) is 2. The summed E-state index contributed by atoms with van der Waals surface area (Å²) >= 11 is 0. The lowest BCUT2D eigenvalue weighted by Gasteiger charge is -2.33. The van der Waals surface area contributed by atoms with Crippen LogP contribution in [0.2, 0.25) is 0 Å². The Labute approximate surface area is 224 Å². The van der Waals surface area contributed by atoms with Crippen molar-refractivity contribution in [2.75, 3.05) is 10.8 Å². The van der Waals surface area contributed by atoms with E-state index in [0.29, 0.717) is 0 Å². The Kier molecular flexibility index (Phi) is 8.93. The minimum Gasteiger partial charge on any atom is -0.350 e. The summed E-state index contributed by atoms with van der Waals surface area (Å²) in [4.78, 5) is 28.1. The number of hydrogen-bond donors (Lipinski definition) is 1. The van der Waals surface area contributed by atoms with Gasteiger partial charge in [-0.25, -0.2) is 12.8 Å². The van der Waals surface area contributed by atoms with Gasteiger partial charge in [0.15, 0.2) is 0 Å². The van der Waals surface area contributed by atoms with Gasteiger partial charge >= 0.3 is 0 Å². The smallest absolute Gasteiger partial charge is 0.264 e. The first-order valence-electron chi connectivity index (χ1n) is 12.3. The van der Waals surface area contributed by atoms with Gasteiger partial charge in [0, 0.05) is 12.1 Å². The van der Waals surface area contributed by atoms with Crippen molar-refractivity contribution in [3.8, 4) is 0 Å². The van der Waals surface area contributed by atoms with Crippen LogP contribution in [0.4, 0.5) is 10.1 Å². The van der Waals surface area contributed by atoms with Crippen molar-refractivity contribution in [3.05, 3.63) is 95.8 Å². The number of rotatable bonds is 9. The van der Waals surface area contributed by atoms with Crippen molar-refractivity contribution in [2.45, 2.75) is 57.6 Å². The lowest BCUT2D eigenvalue weighted by Crippen LogP contribution is -2.54. The van der Waals surface area contributed by atoms with Gasteiger partial charge in [-0.2, -0.15) is 0 Å². The van der Waals surface area contributed by atoms with E-state index in [1.807, 2.05) is 52.0 Å². The lowest BCUT2D eigenvalue weighted by atomic mass is 10.1. The van der Waals surface area contributed by atoms with Gasteiger partial charge < -0.3 is 10.2 Å². The molecule has 7 nitrogen and oxygen atoms in total. The normalized spacial score (nSPS) is 12.5. The van der Waals surface area contributed by atoms with Crippen molar-refractivity contribution >= 4 is 27.5 Å². The molecule has 0 saturated heterocycles. The number of anilines is 1. The molecule has 9 heteroatoms. The Balaban J connectivity index is 2.03. The molecule has 0 heterocycles. The van der Waals surface area contributed by atoms with Gasteiger partial charge in [0.2, 0.25) is 11.8 Å². The molecule has 0 spiro atoms. The molecule has 202 valence electrons. The molecule has 0 radical (unpaired) electrons. The van der Waals surface area contributed by atoms with Gasteiger partial charge in [0.05, 0.1) is 10.6 Å². The molecule has 38 heavy (non-hydrogen) atoms. The summed E-state index contributed by atoms with van der Waals surface area (Å²) in [6.07, 6.45) is 0. The second-order valence-corrected chi connectivity index (χ2v) is 12.1. The molecule has 1 N–H and O–H groups in total. The van der Waals surface area contributed by atoms with Gasteiger partial charge in [-0.05, 0) is 64.4 Å². The predicted octanol–water partition coefficient (Wildman–Crippen LogP) is 4.66. The van der Waals surface area contributed by atoms with Crippen molar-refractivity contribution in [2.24, 2.45) is 0 Å². The van der Waals surface area contributed by atoms with Crippen LogP contribution in [-0.2, 0) is 26.2 Å². The number of carbonyl (C=O) groups excluding carboxylic acids is 2. The van der Waals surface area contributed by atoms with E-state index in [-0.39, 0.29) is 23.0 Å². The molecule has 0 aliphatic heterocycles. The largest absolute Gasteiger partial charge is 0.350 e. The topological polar surface area (TPSA) is 86.8 Å². The quantitative estimate of drug-likeness (QED) is 0.429. The third-order valence-corrected chi connectivity index (χ3v) is 7.64. The van der Waals surface area contributed by atoms with Gasteiger partial charge in [-0.1, -0.05) is 60.2 Å². The van der Waals surface area contributed by atoms with Gasteiger partial charge in [0.25, 0.3) is 10.0 Å². The summed E-state index contributed by atoms with van der Waals surface area (Å²) < 4.78 is 42.9. The van der Waals surface area contributed by atoms with E-state index in [0.717, 1.165) is 21.5 Å². The Morgan fingerprint density at radius 1 is 0.921 bits per heavy atom. The van der Waals surface area contributed by atoms with Gasteiger partial charge in [-0.15, -0.1) is 0 Å². The monoisotopic (exact) mass is 539 g/mol. The van der Waals surface area contributed by atoms with Crippen LogP contribution in [-0.4, -0.2) is 43.3 Å². The molecule has 3 rings (SSSR count). The van der Waals surface area contributed by atoms with Crippen molar-refractivity contribution < 1.29 is 22.4 Å². The Hall–Kier alpha value is -3.72. The number of carbonyl (C=O) groups is 2. The molecule has 0 aliphatic rings. The van der Waals surface area contributed by atoms with E-state index >= 15 is 0 Å². The summed E-state index contributed by atoms with van der Waals surface area (Å²) in [5.74, 6) is -1.82. The molecule has 3 aromatic rings. The Morgan fingerprint density at radius 3 is 2.08 bits per heavy atom. The van der Waals surface area contributed by atoms with Gasteiger partial charge in [-0.3, -0.25) is 13.9 Å². The predicted molar refractivity (Wildman–Crippen MR) is 146 cm³/mol. The Morgan fingerprint density at radius 2 is 1.50 bits per heavy atom. The van der Waals surface area contributed by atoms with E-state index in [2.05, 4.69) is 5.32 Å². The molecule has 1 atom stereocenters. The zero-order valence-electron chi connectivity index (χ0n) is 22.3. The van der Waals surface area contributed by atoms with E-state index in [1.165, 1.54) is 35.2 Å². The van der Waals surface area contributed by atoms with E-state index in [4.69, 9.17) is 0 Å². The number of aryl methyl sites for hydroxylation is 1. The highest BCUT2D eigenvalue weighted by atomic mass is 32.2. The van der Waals surface area contributed by atoms with Crippen LogP contribution in [0.15, 0.2) is 83.8 Å². The first kappa shape index (κ1) is 28.8. The molecule has 0 fully saturated rings. The average Bonchev–Trinajstić information content (AvgIpc) is 2.86. The highest BCUT2D eigenvalue weighted by molar-refractivity contribution is 7.92. The number of para-hydroxylation sites is 1. The minimum atomic E-state index is -4.31. The maximum Gasteiger partial charge on any atom is 0.264 e.